The van der Waals surface area contributed by atoms with Gasteiger partial charge in [-0.25, -0.2) is 4.98 Å². The van der Waals surface area contributed by atoms with E-state index in [1.807, 2.05) is 0 Å². The van der Waals surface area contributed by atoms with E-state index < -0.39 is 17.6 Å². The van der Waals surface area contributed by atoms with Gasteiger partial charge in [-0.1, -0.05) is 27.5 Å². The molecule has 3 nitrogen and oxygen atoms in total. The lowest BCUT2D eigenvalue weighted by Gasteiger charge is -2.09. The Balaban J connectivity index is 2.24. The zero-order valence-corrected chi connectivity index (χ0v) is 12.6. The third-order valence-corrected chi connectivity index (χ3v) is 3.31. The topological polar surface area (TPSA) is 42.0 Å². The highest BCUT2D eigenvalue weighted by Gasteiger charge is 2.30. The van der Waals surface area contributed by atoms with Gasteiger partial charge in [-0.2, -0.15) is 13.2 Å². The second-order valence-electron chi connectivity index (χ2n) is 4.01. The molecule has 0 aliphatic heterocycles. The van der Waals surface area contributed by atoms with Crippen molar-refractivity contribution in [3.63, 3.8) is 0 Å². The fraction of sp³-hybridized carbons (Fsp3) is 0.0769. The summed E-state index contributed by atoms with van der Waals surface area (Å²) in [6, 6.07) is 6.14. The molecule has 110 valence electrons. The van der Waals surface area contributed by atoms with Crippen LogP contribution in [0.3, 0.4) is 0 Å². The average Bonchev–Trinajstić information content (AvgIpc) is 2.37. The summed E-state index contributed by atoms with van der Waals surface area (Å²) in [6.07, 6.45) is -3.53. The van der Waals surface area contributed by atoms with Crippen molar-refractivity contribution in [1.82, 2.24) is 4.98 Å². The van der Waals surface area contributed by atoms with Crippen LogP contribution in [0.25, 0.3) is 0 Å². The van der Waals surface area contributed by atoms with Gasteiger partial charge >= 0.3 is 6.18 Å². The van der Waals surface area contributed by atoms with Gasteiger partial charge in [0.05, 0.1) is 16.1 Å². The number of aromatic nitrogens is 1. The van der Waals surface area contributed by atoms with E-state index in [9.17, 15) is 18.0 Å². The van der Waals surface area contributed by atoms with E-state index in [0.717, 1.165) is 18.3 Å². The molecule has 1 N–H and O–H groups in total. The second kappa shape index (κ2) is 6.03. The van der Waals surface area contributed by atoms with Crippen LogP contribution in [0.4, 0.5) is 19.0 Å². The van der Waals surface area contributed by atoms with Gasteiger partial charge in [-0.15, -0.1) is 0 Å². The van der Waals surface area contributed by atoms with Gasteiger partial charge in [0.25, 0.3) is 5.91 Å². The van der Waals surface area contributed by atoms with Crippen molar-refractivity contribution in [3.8, 4) is 0 Å². The Morgan fingerprint density at radius 1 is 1.24 bits per heavy atom. The Bertz CT molecular complexity index is 691. The van der Waals surface area contributed by atoms with E-state index in [1.165, 1.54) is 12.1 Å². The number of amides is 1. The summed E-state index contributed by atoms with van der Waals surface area (Å²) in [4.78, 5) is 15.7. The second-order valence-corrected chi connectivity index (χ2v) is 5.33. The van der Waals surface area contributed by atoms with Crippen molar-refractivity contribution in [2.45, 2.75) is 6.18 Å². The van der Waals surface area contributed by atoms with Gasteiger partial charge in [0, 0.05) is 10.7 Å². The van der Waals surface area contributed by atoms with E-state index in [-0.39, 0.29) is 16.4 Å². The average molecular weight is 380 g/mol. The summed E-state index contributed by atoms with van der Waals surface area (Å²) in [6.45, 7) is 0. The highest BCUT2D eigenvalue weighted by Crippen LogP contribution is 2.30. The number of hydrogen-bond acceptors (Lipinski definition) is 2. The van der Waals surface area contributed by atoms with E-state index in [2.05, 4.69) is 26.2 Å². The first kappa shape index (κ1) is 15.8. The van der Waals surface area contributed by atoms with Crippen LogP contribution in [-0.2, 0) is 6.18 Å². The molecule has 1 aromatic carbocycles. The first-order valence-electron chi connectivity index (χ1n) is 5.57. The number of benzene rings is 1. The van der Waals surface area contributed by atoms with Gasteiger partial charge in [0.1, 0.15) is 5.82 Å². The van der Waals surface area contributed by atoms with E-state index in [0.29, 0.717) is 4.47 Å². The van der Waals surface area contributed by atoms with Crippen molar-refractivity contribution in [2.75, 3.05) is 5.32 Å². The van der Waals surface area contributed by atoms with Gasteiger partial charge in [0.15, 0.2) is 0 Å². The minimum atomic E-state index is -4.50. The predicted molar refractivity (Wildman–Crippen MR) is 76.3 cm³/mol. The standard InChI is InChI=1S/C13H7BrClF3N2O/c14-8-1-2-9(10(15)6-8)12(21)20-11-5-7(3-4-19-11)13(16,17)18/h1-6H,(H,19,20,21). The Labute approximate surface area is 131 Å². The molecule has 1 heterocycles. The van der Waals surface area contributed by atoms with Crippen LogP contribution in [0.15, 0.2) is 41.0 Å². The van der Waals surface area contributed by atoms with Crippen molar-refractivity contribution in [1.29, 1.82) is 0 Å². The third kappa shape index (κ3) is 3.95. The predicted octanol–water partition coefficient (Wildman–Crippen LogP) is 4.77. The summed E-state index contributed by atoms with van der Waals surface area (Å²) in [7, 11) is 0. The molecule has 0 saturated carbocycles. The van der Waals surface area contributed by atoms with Crippen LogP contribution < -0.4 is 5.32 Å². The zero-order valence-electron chi connectivity index (χ0n) is 10.2. The number of hydrogen-bond donors (Lipinski definition) is 1. The highest BCUT2D eigenvalue weighted by molar-refractivity contribution is 9.10. The molecule has 21 heavy (non-hydrogen) atoms. The molecule has 0 fully saturated rings. The highest BCUT2D eigenvalue weighted by atomic mass is 79.9. The maximum atomic E-state index is 12.6. The van der Waals surface area contributed by atoms with Crippen LogP contribution in [0.1, 0.15) is 15.9 Å². The fourth-order valence-corrected chi connectivity index (χ4v) is 2.29. The molecule has 0 radical (unpaired) electrons. The first-order valence-corrected chi connectivity index (χ1v) is 6.74. The first-order chi connectivity index (χ1) is 9.77. The van der Waals surface area contributed by atoms with Gasteiger partial charge in [-0.3, -0.25) is 4.79 Å². The molecule has 0 unspecified atom stereocenters. The lowest BCUT2D eigenvalue weighted by molar-refractivity contribution is -0.137. The Morgan fingerprint density at radius 2 is 1.95 bits per heavy atom. The maximum absolute atomic E-state index is 12.6. The molecular formula is C13H7BrClF3N2O. The molecule has 2 rings (SSSR count). The number of nitrogens with one attached hydrogen (secondary N) is 1. The molecule has 0 saturated heterocycles. The Morgan fingerprint density at radius 3 is 2.57 bits per heavy atom. The fourth-order valence-electron chi connectivity index (χ4n) is 1.53. The molecule has 0 bridgehead atoms. The molecule has 8 heteroatoms. The van der Waals surface area contributed by atoms with E-state index >= 15 is 0 Å². The zero-order chi connectivity index (χ0) is 15.6. The molecular weight excluding hydrogens is 373 g/mol. The van der Waals surface area contributed by atoms with Gasteiger partial charge < -0.3 is 5.32 Å². The molecule has 0 aliphatic carbocycles. The number of carbonyl (C=O) groups is 1. The van der Waals surface area contributed by atoms with Crippen molar-refractivity contribution < 1.29 is 18.0 Å². The largest absolute Gasteiger partial charge is 0.416 e. The SMILES string of the molecule is O=C(Nc1cc(C(F)(F)F)ccn1)c1ccc(Br)cc1Cl. The van der Waals surface area contributed by atoms with Crippen LogP contribution in [0.5, 0.6) is 0 Å². The van der Waals surface area contributed by atoms with Gasteiger partial charge in [-0.05, 0) is 30.3 Å². The Hall–Kier alpha value is -1.60. The summed E-state index contributed by atoms with van der Waals surface area (Å²) < 4.78 is 38.4. The summed E-state index contributed by atoms with van der Waals surface area (Å²) >= 11 is 9.09. The lowest BCUT2D eigenvalue weighted by atomic mass is 10.2. The molecule has 0 atom stereocenters. The number of nitrogens with zero attached hydrogens (tertiary/aromatic N) is 1. The monoisotopic (exact) mass is 378 g/mol. The molecule has 0 spiro atoms. The number of alkyl halides is 3. The van der Waals surface area contributed by atoms with Crippen LogP contribution >= 0.6 is 27.5 Å². The summed E-state index contributed by atoms with van der Waals surface area (Å²) in [5.41, 5.74) is -0.756. The Kier molecular flexibility index (Phi) is 4.53. The molecule has 1 aromatic heterocycles. The molecule has 1 amide bonds. The third-order valence-electron chi connectivity index (χ3n) is 2.50. The van der Waals surface area contributed by atoms with Crippen molar-refractivity contribution in [3.05, 3.63) is 57.2 Å². The number of rotatable bonds is 2. The molecule has 2 aromatic rings. The van der Waals surface area contributed by atoms with Crippen LogP contribution in [0.2, 0.25) is 5.02 Å². The summed E-state index contributed by atoms with van der Waals surface area (Å²) in [5.74, 6) is -0.840. The quantitative estimate of drug-likeness (QED) is 0.817. The van der Waals surface area contributed by atoms with E-state index in [1.54, 1.807) is 6.07 Å². The minimum absolute atomic E-state index is 0.138. The van der Waals surface area contributed by atoms with Crippen LogP contribution in [-0.4, -0.2) is 10.9 Å². The van der Waals surface area contributed by atoms with Crippen molar-refractivity contribution in [2.24, 2.45) is 0 Å². The number of carbonyl (C=O) groups excluding carboxylic acids is 1. The van der Waals surface area contributed by atoms with Gasteiger partial charge in [0.2, 0.25) is 0 Å². The maximum Gasteiger partial charge on any atom is 0.416 e. The normalized spacial score (nSPS) is 11.3. The number of pyridine rings is 1. The number of halogens is 5. The molecule has 0 aliphatic rings. The van der Waals surface area contributed by atoms with Crippen molar-refractivity contribution >= 4 is 39.3 Å². The minimum Gasteiger partial charge on any atom is -0.307 e. The van der Waals surface area contributed by atoms with E-state index in [4.69, 9.17) is 11.6 Å². The number of anilines is 1. The smallest absolute Gasteiger partial charge is 0.307 e. The summed E-state index contributed by atoms with van der Waals surface area (Å²) in [5, 5.41) is 2.46. The lowest BCUT2D eigenvalue weighted by Crippen LogP contribution is -2.14. The van der Waals surface area contributed by atoms with Crippen LogP contribution in [0, 0.1) is 0 Å².